The number of ether oxygens (including phenoxy) is 1. The Balaban J connectivity index is 2.05. The molecule has 1 amide bonds. The van der Waals surface area contributed by atoms with E-state index in [1.807, 2.05) is 25.7 Å². The monoisotopic (exact) mass is 226 g/mol. The summed E-state index contributed by atoms with van der Waals surface area (Å²) in [5, 5.41) is 3.38. The van der Waals surface area contributed by atoms with E-state index in [0.717, 1.165) is 32.4 Å². The number of fused-ring (bicyclic) bond motifs is 2. The quantitative estimate of drug-likeness (QED) is 0.684. The van der Waals surface area contributed by atoms with Gasteiger partial charge in [0.2, 0.25) is 0 Å². The van der Waals surface area contributed by atoms with Crippen LogP contribution in [0.15, 0.2) is 0 Å². The third-order valence-corrected chi connectivity index (χ3v) is 3.26. The summed E-state index contributed by atoms with van der Waals surface area (Å²) in [5.41, 5.74) is -0.393. The normalized spacial score (nSPS) is 30.1. The fourth-order valence-electron chi connectivity index (χ4n) is 2.60. The molecule has 0 aromatic carbocycles. The minimum absolute atomic E-state index is 0.135. The van der Waals surface area contributed by atoms with Crippen LogP contribution in [-0.2, 0) is 4.74 Å². The maximum Gasteiger partial charge on any atom is 0.410 e. The number of carbonyl (C=O) groups excluding carboxylic acids is 1. The van der Waals surface area contributed by atoms with Crippen molar-refractivity contribution < 1.29 is 9.53 Å². The van der Waals surface area contributed by atoms with Crippen molar-refractivity contribution in [2.45, 2.75) is 57.7 Å². The van der Waals surface area contributed by atoms with Gasteiger partial charge in [-0.3, -0.25) is 0 Å². The molecule has 2 rings (SSSR count). The van der Waals surface area contributed by atoms with E-state index >= 15 is 0 Å². The second-order valence-electron chi connectivity index (χ2n) is 5.77. The highest BCUT2D eigenvalue weighted by Gasteiger charge is 2.39. The number of hydrogen-bond donors (Lipinski definition) is 1. The van der Waals surface area contributed by atoms with Crippen molar-refractivity contribution >= 4 is 6.09 Å². The van der Waals surface area contributed by atoms with Gasteiger partial charge in [-0.25, -0.2) is 4.79 Å². The first-order valence-electron chi connectivity index (χ1n) is 6.19. The molecule has 1 N–H and O–H groups in total. The number of amides is 1. The predicted molar refractivity (Wildman–Crippen MR) is 62.4 cm³/mol. The van der Waals surface area contributed by atoms with Crippen LogP contribution in [0.1, 0.15) is 40.0 Å². The molecular weight excluding hydrogens is 204 g/mol. The van der Waals surface area contributed by atoms with Gasteiger partial charge in [-0.05, 0) is 46.6 Å². The molecule has 0 saturated carbocycles. The average molecular weight is 226 g/mol. The van der Waals surface area contributed by atoms with Crippen molar-refractivity contribution in [1.29, 1.82) is 0 Å². The Labute approximate surface area is 97.3 Å². The minimum Gasteiger partial charge on any atom is -0.444 e. The molecule has 4 heteroatoms. The van der Waals surface area contributed by atoms with Crippen LogP contribution < -0.4 is 5.32 Å². The highest BCUT2D eigenvalue weighted by Crippen LogP contribution is 2.29. The summed E-state index contributed by atoms with van der Waals surface area (Å²) >= 11 is 0. The summed E-state index contributed by atoms with van der Waals surface area (Å²) in [5.74, 6) is 0. The molecule has 0 aliphatic carbocycles. The van der Waals surface area contributed by atoms with E-state index in [1.54, 1.807) is 0 Å². The van der Waals surface area contributed by atoms with Crippen LogP contribution >= 0.6 is 0 Å². The zero-order valence-electron chi connectivity index (χ0n) is 10.5. The minimum atomic E-state index is -0.393. The molecule has 0 aromatic heterocycles. The van der Waals surface area contributed by atoms with Gasteiger partial charge < -0.3 is 15.0 Å². The first-order chi connectivity index (χ1) is 7.47. The Kier molecular flexibility index (Phi) is 3.10. The Bertz CT molecular complexity index is 259. The highest BCUT2D eigenvalue weighted by atomic mass is 16.6. The lowest BCUT2D eigenvalue weighted by molar-refractivity contribution is 0.0161. The van der Waals surface area contributed by atoms with Gasteiger partial charge in [-0.15, -0.1) is 0 Å². The Morgan fingerprint density at radius 1 is 1.25 bits per heavy atom. The Hall–Kier alpha value is -0.770. The summed E-state index contributed by atoms with van der Waals surface area (Å²) in [4.78, 5) is 14.1. The van der Waals surface area contributed by atoms with E-state index < -0.39 is 5.60 Å². The van der Waals surface area contributed by atoms with Gasteiger partial charge in [-0.2, -0.15) is 0 Å². The van der Waals surface area contributed by atoms with E-state index in [2.05, 4.69) is 5.32 Å². The highest BCUT2D eigenvalue weighted by molar-refractivity contribution is 5.69. The van der Waals surface area contributed by atoms with Crippen molar-refractivity contribution in [3.05, 3.63) is 0 Å². The van der Waals surface area contributed by atoms with E-state index in [9.17, 15) is 4.79 Å². The van der Waals surface area contributed by atoms with Gasteiger partial charge >= 0.3 is 6.09 Å². The number of rotatable bonds is 0. The molecule has 2 aliphatic rings. The summed E-state index contributed by atoms with van der Waals surface area (Å²) in [6.07, 6.45) is 3.15. The third kappa shape index (κ3) is 2.48. The standard InChI is InChI=1S/C12H22N2O2/c1-12(2,3)16-11(15)14-9-4-5-10(14)8-13-7-6-9/h9-10,13H,4-8H2,1-3H3/t9-,10-/m1/s1. The van der Waals surface area contributed by atoms with Crippen LogP contribution in [0, 0.1) is 0 Å². The van der Waals surface area contributed by atoms with Crippen LogP contribution in [0.4, 0.5) is 4.79 Å². The van der Waals surface area contributed by atoms with Crippen molar-refractivity contribution in [3.8, 4) is 0 Å². The topological polar surface area (TPSA) is 41.6 Å². The third-order valence-electron chi connectivity index (χ3n) is 3.26. The van der Waals surface area contributed by atoms with Gasteiger partial charge in [0.15, 0.2) is 0 Å². The number of nitrogens with zero attached hydrogens (tertiary/aromatic N) is 1. The lowest BCUT2D eigenvalue weighted by Gasteiger charge is -2.30. The van der Waals surface area contributed by atoms with E-state index in [0.29, 0.717) is 12.1 Å². The second kappa shape index (κ2) is 4.24. The molecule has 0 radical (unpaired) electrons. The maximum absolute atomic E-state index is 12.1. The second-order valence-corrected chi connectivity index (χ2v) is 5.77. The SMILES string of the molecule is CC(C)(C)OC(=O)N1[C@H]2CCNC[C@H]1CC2. The molecule has 2 saturated heterocycles. The summed E-state index contributed by atoms with van der Waals surface area (Å²) in [7, 11) is 0. The number of hydrogen-bond acceptors (Lipinski definition) is 3. The fraction of sp³-hybridized carbons (Fsp3) is 0.917. The van der Waals surface area contributed by atoms with Crippen molar-refractivity contribution in [3.63, 3.8) is 0 Å². The predicted octanol–water partition coefficient (Wildman–Crippen LogP) is 1.75. The van der Waals surface area contributed by atoms with Crippen LogP contribution in [-0.4, -0.2) is 41.8 Å². The lowest BCUT2D eigenvalue weighted by Crippen LogP contribution is -2.45. The van der Waals surface area contributed by atoms with Crippen LogP contribution in [0.25, 0.3) is 0 Å². The maximum atomic E-state index is 12.1. The van der Waals surface area contributed by atoms with Gasteiger partial charge in [0, 0.05) is 18.6 Å². The molecule has 2 fully saturated rings. The molecule has 2 aliphatic heterocycles. The number of nitrogens with one attached hydrogen (secondary N) is 1. The largest absolute Gasteiger partial charge is 0.444 e. The summed E-state index contributed by atoms with van der Waals surface area (Å²) < 4.78 is 5.47. The molecule has 2 heterocycles. The zero-order chi connectivity index (χ0) is 11.8. The number of carbonyl (C=O) groups is 1. The molecule has 0 unspecified atom stereocenters. The molecule has 0 spiro atoms. The first-order valence-corrected chi connectivity index (χ1v) is 6.19. The first kappa shape index (κ1) is 11.7. The Morgan fingerprint density at radius 3 is 2.62 bits per heavy atom. The molecule has 16 heavy (non-hydrogen) atoms. The molecule has 0 aromatic rings. The Morgan fingerprint density at radius 2 is 1.94 bits per heavy atom. The average Bonchev–Trinajstić information content (AvgIpc) is 2.36. The van der Waals surface area contributed by atoms with Crippen LogP contribution in [0.2, 0.25) is 0 Å². The van der Waals surface area contributed by atoms with E-state index in [1.165, 1.54) is 0 Å². The molecule has 2 bridgehead atoms. The molecule has 92 valence electrons. The zero-order valence-corrected chi connectivity index (χ0v) is 10.5. The fourth-order valence-corrected chi connectivity index (χ4v) is 2.60. The molecular formula is C12H22N2O2. The van der Waals surface area contributed by atoms with Crippen molar-refractivity contribution in [1.82, 2.24) is 10.2 Å². The van der Waals surface area contributed by atoms with Gasteiger partial charge in [0.25, 0.3) is 0 Å². The van der Waals surface area contributed by atoms with Gasteiger partial charge in [0.05, 0.1) is 0 Å². The van der Waals surface area contributed by atoms with Gasteiger partial charge in [0.1, 0.15) is 5.60 Å². The van der Waals surface area contributed by atoms with Crippen LogP contribution in [0.3, 0.4) is 0 Å². The summed E-state index contributed by atoms with van der Waals surface area (Å²) in [6.45, 7) is 7.69. The smallest absolute Gasteiger partial charge is 0.410 e. The van der Waals surface area contributed by atoms with E-state index in [4.69, 9.17) is 4.74 Å². The van der Waals surface area contributed by atoms with Gasteiger partial charge in [-0.1, -0.05) is 0 Å². The van der Waals surface area contributed by atoms with E-state index in [-0.39, 0.29) is 6.09 Å². The van der Waals surface area contributed by atoms with Crippen molar-refractivity contribution in [2.75, 3.05) is 13.1 Å². The van der Waals surface area contributed by atoms with Crippen molar-refractivity contribution in [2.24, 2.45) is 0 Å². The molecule has 4 nitrogen and oxygen atoms in total. The summed E-state index contributed by atoms with van der Waals surface area (Å²) in [6, 6.07) is 0.720. The van der Waals surface area contributed by atoms with Crippen LogP contribution in [0.5, 0.6) is 0 Å². The molecule has 2 atom stereocenters. The lowest BCUT2D eigenvalue weighted by atomic mass is 10.1.